The van der Waals surface area contributed by atoms with Gasteiger partial charge in [-0.25, -0.2) is 13.2 Å². The van der Waals surface area contributed by atoms with Gasteiger partial charge in [0.2, 0.25) is 0 Å². The molecule has 0 saturated heterocycles. The van der Waals surface area contributed by atoms with Gasteiger partial charge in [-0.1, -0.05) is 22.0 Å². The van der Waals surface area contributed by atoms with Crippen LogP contribution in [0.3, 0.4) is 0 Å². The molecular weight excluding hydrogens is 384 g/mol. The first-order valence-corrected chi connectivity index (χ1v) is 8.86. The average Bonchev–Trinajstić information content (AvgIpc) is 2.52. The molecule has 0 bridgehead atoms. The van der Waals surface area contributed by atoms with Gasteiger partial charge in [0.25, 0.3) is 10.0 Å². The second-order valence-corrected chi connectivity index (χ2v) is 7.60. The molecule has 23 heavy (non-hydrogen) atoms. The number of methoxy groups -OCH3 is 1. The van der Waals surface area contributed by atoms with E-state index < -0.39 is 16.1 Å². The Bertz CT molecular complexity index is 898. The molecular formula is C15H13BrN2O4S. The van der Waals surface area contributed by atoms with Crippen molar-refractivity contribution in [1.82, 2.24) is 0 Å². The molecule has 0 unspecified atom stereocenters. The van der Waals surface area contributed by atoms with Crippen LogP contribution < -0.4 is 13.9 Å². The van der Waals surface area contributed by atoms with Crippen molar-refractivity contribution in [3.8, 4) is 5.75 Å². The van der Waals surface area contributed by atoms with Crippen molar-refractivity contribution in [2.45, 2.75) is 4.90 Å². The van der Waals surface area contributed by atoms with Crippen molar-refractivity contribution in [3.05, 3.63) is 46.9 Å². The molecule has 0 spiro atoms. The van der Waals surface area contributed by atoms with Gasteiger partial charge in [0.05, 0.1) is 18.5 Å². The van der Waals surface area contributed by atoms with Crippen LogP contribution in [-0.2, 0) is 10.0 Å². The Balaban J connectivity index is 2.23. The Hall–Kier alpha value is -2.06. The molecule has 3 rings (SSSR count). The summed E-state index contributed by atoms with van der Waals surface area (Å²) in [5.41, 5.74) is 0.568. The van der Waals surface area contributed by atoms with Crippen LogP contribution in [0.2, 0.25) is 0 Å². The average molecular weight is 397 g/mol. The minimum absolute atomic E-state index is 0.0559. The van der Waals surface area contributed by atoms with Crippen molar-refractivity contribution in [3.63, 3.8) is 0 Å². The Morgan fingerprint density at radius 3 is 2.52 bits per heavy atom. The lowest BCUT2D eigenvalue weighted by Gasteiger charge is -2.34. The molecule has 0 radical (unpaired) electrons. The fourth-order valence-corrected chi connectivity index (χ4v) is 4.40. The third-order valence-corrected chi connectivity index (χ3v) is 5.79. The molecule has 0 aliphatic carbocycles. The molecule has 1 aliphatic rings. The van der Waals surface area contributed by atoms with Crippen molar-refractivity contribution in [2.24, 2.45) is 0 Å². The van der Waals surface area contributed by atoms with Crippen LogP contribution in [0.25, 0.3) is 0 Å². The van der Waals surface area contributed by atoms with E-state index in [4.69, 9.17) is 4.74 Å². The largest absolute Gasteiger partial charge is 0.497 e. The number of carbonyl (C=O) groups excluding carboxylic acids is 1. The molecule has 120 valence electrons. The van der Waals surface area contributed by atoms with E-state index in [0.717, 1.165) is 4.31 Å². The normalized spacial score (nSPS) is 16.2. The van der Waals surface area contributed by atoms with Crippen molar-refractivity contribution >= 4 is 43.4 Å². The molecule has 0 fully saturated rings. The standard InChI is InChI=1S/C15H13BrN2O4S/c1-17-13-9-12(22-2)6-7-14(13)23(20,21)18(15(17)19)11-5-3-4-10(16)8-11/h3-9H,1-2H3. The van der Waals surface area contributed by atoms with E-state index in [1.807, 2.05) is 0 Å². The van der Waals surface area contributed by atoms with E-state index in [9.17, 15) is 13.2 Å². The number of nitrogens with zero attached hydrogens (tertiary/aromatic N) is 2. The lowest BCUT2D eigenvalue weighted by atomic mass is 10.2. The summed E-state index contributed by atoms with van der Waals surface area (Å²) in [5.74, 6) is 0.481. The molecule has 2 aromatic carbocycles. The monoisotopic (exact) mass is 396 g/mol. The summed E-state index contributed by atoms with van der Waals surface area (Å²) >= 11 is 3.29. The van der Waals surface area contributed by atoms with Crippen LogP contribution in [0.4, 0.5) is 16.2 Å². The van der Waals surface area contributed by atoms with Crippen LogP contribution in [-0.4, -0.2) is 28.6 Å². The number of fused-ring (bicyclic) bond motifs is 1. The maximum absolute atomic E-state index is 12.9. The number of ether oxygens (including phenoxy) is 1. The molecule has 0 saturated carbocycles. The molecule has 0 N–H and O–H groups in total. The number of halogens is 1. The summed E-state index contributed by atoms with van der Waals surface area (Å²) in [6, 6.07) is 10.5. The summed E-state index contributed by atoms with van der Waals surface area (Å²) < 4.78 is 32.4. The first-order chi connectivity index (χ1) is 10.9. The summed E-state index contributed by atoms with van der Waals surface area (Å²) in [5, 5.41) is 0. The van der Waals surface area contributed by atoms with E-state index in [1.165, 1.54) is 31.2 Å². The molecule has 1 aliphatic heterocycles. The fourth-order valence-electron chi connectivity index (χ4n) is 2.40. The van der Waals surface area contributed by atoms with Gasteiger partial charge in [-0.05, 0) is 30.3 Å². The summed E-state index contributed by atoms with van der Waals surface area (Å²) in [6.07, 6.45) is 0. The first kappa shape index (κ1) is 15.8. The molecule has 0 atom stereocenters. The highest BCUT2D eigenvalue weighted by atomic mass is 79.9. The summed E-state index contributed by atoms with van der Waals surface area (Å²) in [7, 11) is -0.985. The van der Waals surface area contributed by atoms with Gasteiger partial charge in [-0.2, -0.15) is 4.31 Å². The Morgan fingerprint density at radius 1 is 1.13 bits per heavy atom. The number of benzene rings is 2. The maximum atomic E-state index is 12.9. The van der Waals surface area contributed by atoms with Gasteiger partial charge in [0.1, 0.15) is 10.6 Å². The number of carbonyl (C=O) groups is 1. The van der Waals surface area contributed by atoms with Crippen molar-refractivity contribution in [2.75, 3.05) is 23.4 Å². The number of hydrogen-bond acceptors (Lipinski definition) is 4. The van der Waals surface area contributed by atoms with Gasteiger partial charge in [0, 0.05) is 17.6 Å². The summed E-state index contributed by atoms with van der Waals surface area (Å²) in [6.45, 7) is 0. The zero-order valence-electron chi connectivity index (χ0n) is 12.4. The van der Waals surface area contributed by atoms with E-state index in [-0.39, 0.29) is 10.6 Å². The van der Waals surface area contributed by atoms with Crippen LogP contribution in [0.5, 0.6) is 5.75 Å². The molecule has 0 aromatic heterocycles. The number of anilines is 2. The topological polar surface area (TPSA) is 66.9 Å². The van der Waals surface area contributed by atoms with E-state index in [1.54, 1.807) is 30.3 Å². The maximum Gasteiger partial charge on any atom is 0.342 e. The highest BCUT2D eigenvalue weighted by Crippen LogP contribution is 2.38. The highest BCUT2D eigenvalue weighted by molar-refractivity contribution is 9.10. The van der Waals surface area contributed by atoms with E-state index in [0.29, 0.717) is 15.9 Å². The van der Waals surface area contributed by atoms with Gasteiger partial charge < -0.3 is 4.74 Å². The third kappa shape index (κ3) is 2.47. The van der Waals surface area contributed by atoms with Gasteiger partial charge in [0.15, 0.2) is 0 Å². The summed E-state index contributed by atoms with van der Waals surface area (Å²) in [4.78, 5) is 14.0. The minimum Gasteiger partial charge on any atom is -0.497 e. The Kier molecular flexibility index (Phi) is 3.81. The van der Waals surface area contributed by atoms with Crippen LogP contribution in [0, 0.1) is 0 Å². The predicted molar refractivity (Wildman–Crippen MR) is 90.6 cm³/mol. The van der Waals surface area contributed by atoms with Gasteiger partial charge >= 0.3 is 6.03 Å². The van der Waals surface area contributed by atoms with E-state index >= 15 is 0 Å². The SMILES string of the molecule is COc1ccc2c(c1)N(C)C(=O)N(c1cccc(Br)c1)S2(=O)=O. The van der Waals surface area contributed by atoms with Gasteiger partial charge in [-0.15, -0.1) is 0 Å². The second kappa shape index (κ2) is 5.54. The van der Waals surface area contributed by atoms with E-state index in [2.05, 4.69) is 15.9 Å². The highest BCUT2D eigenvalue weighted by Gasteiger charge is 2.41. The van der Waals surface area contributed by atoms with Crippen molar-refractivity contribution in [1.29, 1.82) is 0 Å². The predicted octanol–water partition coefficient (Wildman–Crippen LogP) is 3.22. The Labute approximate surface area is 142 Å². The van der Waals surface area contributed by atoms with Crippen LogP contribution >= 0.6 is 15.9 Å². The zero-order chi connectivity index (χ0) is 16.8. The number of sulfonamides is 1. The lowest BCUT2D eigenvalue weighted by Crippen LogP contribution is -2.49. The fraction of sp³-hybridized carbons (Fsp3) is 0.133. The second-order valence-electron chi connectivity index (χ2n) is 4.92. The molecule has 2 aromatic rings. The van der Waals surface area contributed by atoms with Gasteiger partial charge in [-0.3, -0.25) is 4.90 Å². The molecule has 6 nitrogen and oxygen atoms in total. The number of urea groups is 1. The molecule has 8 heteroatoms. The lowest BCUT2D eigenvalue weighted by molar-refractivity contribution is 0.255. The number of hydrogen-bond donors (Lipinski definition) is 0. The number of amides is 2. The number of rotatable bonds is 2. The van der Waals surface area contributed by atoms with Crippen LogP contribution in [0.15, 0.2) is 51.8 Å². The van der Waals surface area contributed by atoms with Crippen LogP contribution in [0.1, 0.15) is 0 Å². The molecule has 1 heterocycles. The smallest absolute Gasteiger partial charge is 0.342 e. The minimum atomic E-state index is -3.99. The zero-order valence-corrected chi connectivity index (χ0v) is 14.8. The third-order valence-electron chi connectivity index (χ3n) is 3.55. The molecule has 2 amide bonds. The quantitative estimate of drug-likeness (QED) is 0.781. The van der Waals surface area contributed by atoms with Crippen molar-refractivity contribution < 1.29 is 17.9 Å². The Morgan fingerprint density at radius 2 is 1.87 bits per heavy atom. The first-order valence-electron chi connectivity index (χ1n) is 6.63.